The molecule has 2 nitrogen and oxygen atoms in total. The number of hydrazone groups is 1. The fourth-order valence-electron chi connectivity index (χ4n) is 1.42. The highest BCUT2D eigenvalue weighted by atomic mass is 32.2. The molecule has 1 aliphatic rings. The Morgan fingerprint density at radius 3 is 2.31 bits per heavy atom. The minimum absolute atomic E-state index is 0.0296. The van der Waals surface area contributed by atoms with Crippen molar-refractivity contribution in [3.63, 3.8) is 0 Å². The van der Waals surface area contributed by atoms with Crippen molar-refractivity contribution in [3.05, 3.63) is 35.9 Å². The first-order valence-corrected chi connectivity index (χ1v) is 6.33. The quantitative estimate of drug-likeness (QED) is 0.805. The molecular formula is C13H18N2S. The van der Waals surface area contributed by atoms with Crippen LogP contribution in [0.5, 0.6) is 0 Å². The molecule has 2 rings (SSSR count). The van der Waals surface area contributed by atoms with E-state index in [4.69, 9.17) is 0 Å². The Balaban J connectivity index is 2.20. The van der Waals surface area contributed by atoms with E-state index in [2.05, 4.69) is 50.4 Å². The number of hydrogen-bond donors (Lipinski definition) is 1. The predicted octanol–water partition coefficient (Wildman–Crippen LogP) is 3.45. The fraction of sp³-hybridized carbons (Fsp3) is 0.462. The van der Waals surface area contributed by atoms with Crippen molar-refractivity contribution in [3.8, 4) is 0 Å². The Hall–Kier alpha value is -0.960. The van der Waals surface area contributed by atoms with E-state index in [-0.39, 0.29) is 10.3 Å². The monoisotopic (exact) mass is 234 g/mol. The number of rotatable bonds is 1. The van der Waals surface area contributed by atoms with Gasteiger partial charge >= 0.3 is 0 Å². The van der Waals surface area contributed by atoms with E-state index in [1.54, 1.807) is 0 Å². The van der Waals surface area contributed by atoms with Crippen molar-refractivity contribution in [2.45, 2.75) is 32.6 Å². The van der Waals surface area contributed by atoms with Gasteiger partial charge in [0, 0.05) is 5.56 Å². The Bertz CT molecular complexity index is 406. The minimum atomic E-state index is -0.0296. The standard InChI is InChI=1S/C13H18N2S/c1-12(2,3)13(4)15-14-11(16-13)10-8-6-5-7-9-10/h5-9,15H,1-4H3/t13-/m0/s1. The molecule has 16 heavy (non-hydrogen) atoms. The van der Waals surface area contributed by atoms with Crippen LogP contribution in [-0.4, -0.2) is 9.91 Å². The molecule has 1 aromatic carbocycles. The predicted molar refractivity (Wildman–Crippen MR) is 71.6 cm³/mol. The van der Waals surface area contributed by atoms with Crippen LogP contribution < -0.4 is 5.43 Å². The molecule has 0 unspecified atom stereocenters. The van der Waals surface area contributed by atoms with E-state index in [1.807, 2.05) is 30.0 Å². The summed E-state index contributed by atoms with van der Waals surface area (Å²) in [4.78, 5) is -0.0296. The molecule has 86 valence electrons. The van der Waals surface area contributed by atoms with Crippen molar-refractivity contribution >= 4 is 16.8 Å². The second-order valence-electron chi connectivity index (χ2n) is 5.28. The second-order valence-corrected chi connectivity index (χ2v) is 6.69. The highest BCUT2D eigenvalue weighted by Crippen LogP contribution is 2.44. The lowest BCUT2D eigenvalue weighted by molar-refractivity contribution is 0.262. The van der Waals surface area contributed by atoms with Gasteiger partial charge in [0.2, 0.25) is 0 Å². The third-order valence-electron chi connectivity index (χ3n) is 3.12. The van der Waals surface area contributed by atoms with Crippen molar-refractivity contribution in [1.82, 2.24) is 5.43 Å². The molecule has 3 heteroatoms. The van der Waals surface area contributed by atoms with E-state index in [0.717, 1.165) is 5.04 Å². The normalized spacial score (nSPS) is 25.1. The summed E-state index contributed by atoms with van der Waals surface area (Å²) in [7, 11) is 0. The van der Waals surface area contributed by atoms with Gasteiger partial charge in [-0.15, -0.1) is 0 Å². The first-order chi connectivity index (χ1) is 7.42. The first-order valence-electron chi connectivity index (χ1n) is 5.52. The van der Waals surface area contributed by atoms with Crippen LogP contribution in [0.25, 0.3) is 0 Å². The lowest BCUT2D eigenvalue weighted by Gasteiger charge is -2.36. The molecule has 0 saturated carbocycles. The molecule has 0 radical (unpaired) electrons. The zero-order valence-corrected chi connectivity index (χ0v) is 11.1. The van der Waals surface area contributed by atoms with Crippen LogP contribution in [0, 0.1) is 5.41 Å². The lowest BCUT2D eigenvalue weighted by Crippen LogP contribution is -2.44. The molecule has 0 spiro atoms. The van der Waals surface area contributed by atoms with Crippen LogP contribution in [0.3, 0.4) is 0 Å². The third-order valence-corrected chi connectivity index (χ3v) is 4.76. The summed E-state index contributed by atoms with van der Waals surface area (Å²) in [5.74, 6) is 0. The minimum Gasteiger partial charge on any atom is -0.292 e. The number of nitrogens with one attached hydrogen (secondary N) is 1. The summed E-state index contributed by atoms with van der Waals surface area (Å²) in [6.45, 7) is 8.90. The molecule has 0 aliphatic carbocycles. The molecule has 0 saturated heterocycles. The zero-order valence-electron chi connectivity index (χ0n) is 10.2. The van der Waals surface area contributed by atoms with Gasteiger partial charge in [-0.1, -0.05) is 62.9 Å². The Morgan fingerprint density at radius 2 is 1.81 bits per heavy atom. The van der Waals surface area contributed by atoms with Crippen LogP contribution in [0.2, 0.25) is 0 Å². The number of thioether (sulfide) groups is 1. The van der Waals surface area contributed by atoms with Gasteiger partial charge in [-0.05, 0) is 12.3 Å². The lowest BCUT2D eigenvalue weighted by atomic mass is 9.88. The average molecular weight is 234 g/mol. The highest BCUT2D eigenvalue weighted by Gasteiger charge is 2.42. The maximum Gasteiger partial charge on any atom is 0.126 e. The van der Waals surface area contributed by atoms with Gasteiger partial charge in [0.25, 0.3) is 0 Å². The molecule has 0 fully saturated rings. The van der Waals surface area contributed by atoms with Crippen molar-refractivity contribution in [2.24, 2.45) is 10.5 Å². The van der Waals surface area contributed by atoms with Crippen LogP contribution in [0.4, 0.5) is 0 Å². The van der Waals surface area contributed by atoms with Gasteiger partial charge < -0.3 is 0 Å². The van der Waals surface area contributed by atoms with Crippen molar-refractivity contribution < 1.29 is 0 Å². The van der Waals surface area contributed by atoms with Gasteiger partial charge in [0.15, 0.2) is 0 Å². The van der Waals surface area contributed by atoms with Crippen molar-refractivity contribution in [1.29, 1.82) is 0 Å². The number of nitrogens with zero attached hydrogens (tertiary/aromatic N) is 1. The van der Waals surface area contributed by atoms with Gasteiger partial charge in [-0.25, -0.2) is 0 Å². The van der Waals surface area contributed by atoms with Crippen molar-refractivity contribution in [2.75, 3.05) is 0 Å². The van der Waals surface area contributed by atoms with E-state index < -0.39 is 0 Å². The van der Waals surface area contributed by atoms with Gasteiger partial charge in [-0.3, -0.25) is 5.43 Å². The van der Waals surface area contributed by atoms with Gasteiger partial charge in [-0.2, -0.15) is 5.10 Å². The summed E-state index contributed by atoms with van der Waals surface area (Å²) in [6.07, 6.45) is 0. The molecule has 1 heterocycles. The summed E-state index contributed by atoms with van der Waals surface area (Å²) >= 11 is 1.81. The Labute approximate surface area is 102 Å². The zero-order chi connectivity index (χ0) is 11.8. The third kappa shape index (κ3) is 1.96. The number of benzene rings is 1. The molecule has 1 atom stereocenters. The van der Waals surface area contributed by atoms with Crippen LogP contribution in [-0.2, 0) is 0 Å². The summed E-state index contributed by atoms with van der Waals surface area (Å²) in [5, 5.41) is 5.54. The van der Waals surface area contributed by atoms with Crippen LogP contribution in [0.1, 0.15) is 33.3 Å². The molecular weight excluding hydrogens is 216 g/mol. The summed E-state index contributed by atoms with van der Waals surface area (Å²) in [5.41, 5.74) is 4.62. The molecule has 1 N–H and O–H groups in total. The van der Waals surface area contributed by atoms with Crippen LogP contribution in [0.15, 0.2) is 35.4 Å². The second kappa shape index (κ2) is 3.81. The first kappa shape index (κ1) is 11.5. The summed E-state index contributed by atoms with van der Waals surface area (Å²) in [6, 6.07) is 10.3. The Kier molecular flexibility index (Phi) is 2.74. The fourth-order valence-corrected chi connectivity index (χ4v) is 2.55. The summed E-state index contributed by atoms with van der Waals surface area (Å²) < 4.78 is 0. The Morgan fingerprint density at radius 1 is 1.19 bits per heavy atom. The highest BCUT2D eigenvalue weighted by molar-refractivity contribution is 8.15. The average Bonchev–Trinajstić information content (AvgIpc) is 2.63. The largest absolute Gasteiger partial charge is 0.292 e. The molecule has 0 bridgehead atoms. The van der Waals surface area contributed by atoms with E-state index >= 15 is 0 Å². The van der Waals surface area contributed by atoms with Gasteiger partial charge in [0.05, 0.1) is 0 Å². The maximum absolute atomic E-state index is 4.46. The van der Waals surface area contributed by atoms with Crippen LogP contribution >= 0.6 is 11.8 Å². The molecule has 1 aromatic rings. The van der Waals surface area contributed by atoms with E-state index in [9.17, 15) is 0 Å². The molecule has 1 aliphatic heterocycles. The van der Waals surface area contributed by atoms with E-state index in [0.29, 0.717) is 0 Å². The maximum atomic E-state index is 4.46. The van der Waals surface area contributed by atoms with Gasteiger partial charge in [0.1, 0.15) is 9.91 Å². The topological polar surface area (TPSA) is 24.4 Å². The van der Waals surface area contributed by atoms with E-state index in [1.165, 1.54) is 5.56 Å². The number of hydrogen-bond acceptors (Lipinski definition) is 3. The molecule has 0 amide bonds. The molecule has 0 aromatic heterocycles. The smallest absolute Gasteiger partial charge is 0.126 e. The SMILES string of the molecule is CC(C)(C)[C@@]1(C)NN=C(c2ccccc2)S1.